The molecule has 1 amide bonds. The molecule has 0 aromatic carbocycles. The lowest BCUT2D eigenvalue weighted by Crippen LogP contribution is -2.38. The summed E-state index contributed by atoms with van der Waals surface area (Å²) in [4.78, 5) is 11.4. The van der Waals surface area contributed by atoms with Crippen molar-refractivity contribution in [2.45, 2.75) is 51.7 Å². The number of carbonyl (C=O) groups is 1. The van der Waals surface area contributed by atoms with Gasteiger partial charge in [0.15, 0.2) is 0 Å². The van der Waals surface area contributed by atoms with Gasteiger partial charge in [0.25, 0.3) is 0 Å². The van der Waals surface area contributed by atoms with Crippen molar-refractivity contribution < 1.29 is 14.3 Å². The number of ether oxygens (including phenoxy) is 2. The van der Waals surface area contributed by atoms with Gasteiger partial charge in [-0.05, 0) is 52.5 Å². The molecule has 1 aliphatic rings. The summed E-state index contributed by atoms with van der Waals surface area (Å²) in [6.07, 6.45) is 3.16. The minimum atomic E-state index is -0.433. The molecule has 1 rings (SSSR count). The number of methoxy groups -OCH3 is 1. The Morgan fingerprint density at radius 3 is 2.53 bits per heavy atom. The zero-order chi connectivity index (χ0) is 14.3. The molecule has 1 unspecified atom stereocenters. The zero-order valence-corrected chi connectivity index (χ0v) is 12.6. The van der Waals surface area contributed by atoms with E-state index in [-0.39, 0.29) is 6.09 Å². The van der Waals surface area contributed by atoms with Gasteiger partial charge in [-0.15, -0.1) is 0 Å². The van der Waals surface area contributed by atoms with E-state index in [2.05, 4.69) is 10.6 Å². The Labute approximate surface area is 116 Å². The van der Waals surface area contributed by atoms with Gasteiger partial charge >= 0.3 is 6.09 Å². The Kier molecular flexibility index (Phi) is 6.58. The summed E-state index contributed by atoms with van der Waals surface area (Å²) >= 11 is 0. The van der Waals surface area contributed by atoms with Crippen LogP contribution < -0.4 is 10.6 Å². The van der Waals surface area contributed by atoms with Crippen molar-refractivity contribution in [1.82, 2.24) is 10.6 Å². The van der Waals surface area contributed by atoms with Crippen LogP contribution in [0.2, 0.25) is 0 Å². The molecule has 0 aliphatic heterocycles. The Morgan fingerprint density at radius 1 is 1.32 bits per heavy atom. The minimum absolute atomic E-state index is 0.344. The van der Waals surface area contributed by atoms with Gasteiger partial charge in [0.05, 0.1) is 6.61 Å². The Bertz CT molecular complexity index is 272. The maximum Gasteiger partial charge on any atom is 0.407 e. The summed E-state index contributed by atoms with van der Waals surface area (Å²) in [6, 6.07) is 0.464. The SMILES string of the molecule is COCC(NCCCNC(=O)OC(C)(C)C)C1CC1. The van der Waals surface area contributed by atoms with E-state index < -0.39 is 5.60 Å². The van der Waals surface area contributed by atoms with Crippen molar-refractivity contribution in [2.24, 2.45) is 5.92 Å². The highest BCUT2D eigenvalue weighted by Gasteiger charge is 2.30. The summed E-state index contributed by atoms with van der Waals surface area (Å²) < 4.78 is 10.4. The Morgan fingerprint density at radius 2 is 2.00 bits per heavy atom. The van der Waals surface area contributed by atoms with Crippen LogP contribution in [-0.2, 0) is 9.47 Å². The third-order valence-electron chi connectivity index (χ3n) is 2.97. The van der Waals surface area contributed by atoms with Crippen LogP contribution in [0.5, 0.6) is 0 Å². The first kappa shape index (κ1) is 16.2. The predicted molar refractivity (Wildman–Crippen MR) is 75.2 cm³/mol. The molecule has 1 aliphatic carbocycles. The van der Waals surface area contributed by atoms with E-state index in [1.54, 1.807) is 7.11 Å². The number of alkyl carbamates (subject to hydrolysis) is 1. The number of rotatable bonds is 8. The highest BCUT2D eigenvalue weighted by atomic mass is 16.6. The first-order valence-electron chi connectivity index (χ1n) is 7.11. The van der Waals surface area contributed by atoms with Gasteiger partial charge in [0.2, 0.25) is 0 Å². The molecule has 0 saturated heterocycles. The van der Waals surface area contributed by atoms with Gasteiger partial charge in [-0.1, -0.05) is 0 Å². The topological polar surface area (TPSA) is 59.6 Å². The fourth-order valence-corrected chi connectivity index (χ4v) is 1.92. The Balaban J connectivity index is 2.02. The van der Waals surface area contributed by atoms with Crippen molar-refractivity contribution in [3.8, 4) is 0 Å². The zero-order valence-electron chi connectivity index (χ0n) is 12.6. The maximum absolute atomic E-state index is 11.4. The normalized spacial score (nSPS) is 17.1. The van der Waals surface area contributed by atoms with Gasteiger partial charge < -0.3 is 20.1 Å². The Hall–Kier alpha value is -0.810. The van der Waals surface area contributed by atoms with Crippen molar-refractivity contribution in [2.75, 3.05) is 26.8 Å². The molecule has 0 radical (unpaired) electrons. The molecule has 1 saturated carbocycles. The van der Waals surface area contributed by atoms with E-state index in [9.17, 15) is 4.79 Å². The van der Waals surface area contributed by atoms with Gasteiger partial charge in [0.1, 0.15) is 5.60 Å². The van der Waals surface area contributed by atoms with Crippen molar-refractivity contribution >= 4 is 6.09 Å². The summed E-state index contributed by atoms with van der Waals surface area (Å²) in [5.74, 6) is 0.777. The predicted octanol–water partition coefficient (Wildman–Crippen LogP) is 1.92. The van der Waals surface area contributed by atoms with Crippen molar-refractivity contribution in [1.29, 1.82) is 0 Å². The molecule has 0 aromatic rings. The second-order valence-electron chi connectivity index (χ2n) is 6.14. The van der Waals surface area contributed by atoms with E-state index in [1.165, 1.54) is 12.8 Å². The van der Waals surface area contributed by atoms with Crippen LogP contribution >= 0.6 is 0 Å². The molecular formula is C14H28N2O3. The van der Waals surface area contributed by atoms with Crippen LogP contribution in [0.1, 0.15) is 40.0 Å². The van der Waals surface area contributed by atoms with Crippen LogP contribution in [0.3, 0.4) is 0 Å². The third kappa shape index (κ3) is 8.06. The van der Waals surface area contributed by atoms with Crippen LogP contribution in [0.4, 0.5) is 4.79 Å². The van der Waals surface area contributed by atoms with E-state index in [1.807, 2.05) is 20.8 Å². The molecule has 1 fully saturated rings. The smallest absolute Gasteiger partial charge is 0.407 e. The fraction of sp³-hybridized carbons (Fsp3) is 0.929. The first-order valence-corrected chi connectivity index (χ1v) is 7.11. The molecule has 1 atom stereocenters. The van der Waals surface area contributed by atoms with Gasteiger partial charge in [0, 0.05) is 19.7 Å². The molecule has 5 heteroatoms. The largest absolute Gasteiger partial charge is 0.444 e. The minimum Gasteiger partial charge on any atom is -0.444 e. The molecule has 0 heterocycles. The molecule has 0 bridgehead atoms. The monoisotopic (exact) mass is 272 g/mol. The van der Waals surface area contributed by atoms with Crippen LogP contribution in [0.25, 0.3) is 0 Å². The number of hydrogen-bond acceptors (Lipinski definition) is 4. The van der Waals surface area contributed by atoms with Gasteiger partial charge in [-0.2, -0.15) is 0 Å². The lowest BCUT2D eigenvalue weighted by atomic mass is 10.2. The summed E-state index contributed by atoms with van der Waals surface area (Å²) in [6.45, 7) is 7.87. The second kappa shape index (κ2) is 7.70. The van der Waals surface area contributed by atoms with Crippen LogP contribution in [-0.4, -0.2) is 44.5 Å². The van der Waals surface area contributed by atoms with Crippen molar-refractivity contribution in [3.05, 3.63) is 0 Å². The second-order valence-corrected chi connectivity index (χ2v) is 6.14. The third-order valence-corrected chi connectivity index (χ3v) is 2.97. The average Bonchev–Trinajstić information content (AvgIpc) is 3.08. The molecular weight excluding hydrogens is 244 g/mol. The molecule has 0 spiro atoms. The highest BCUT2D eigenvalue weighted by Crippen LogP contribution is 2.32. The molecule has 2 N–H and O–H groups in total. The quantitative estimate of drug-likeness (QED) is 0.663. The maximum atomic E-state index is 11.4. The van der Waals surface area contributed by atoms with Crippen LogP contribution in [0, 0.1) is 5.92 Å². The van der Waals surface area contributed by atoms with Crippen LogP contribution in [0.15, 0.2) is 0 Å². The fourth-order valence-electron chi connectivity index (χ4n) is 1.92. The summed E-state index contributed by atoms with van der Waals surface area (Å²) in [5, 5.41) is 6.24. The van der Waals surface area contributed by atoms with E-state index in [0.717, 1.165) is 25.5 Å². The van der Waals surface area contributed by atoms with E-state index in [4.69, 9.17) is 9.47 Å². The molecule has 5 nitrogen and oxygen atoms in total. The summed E-state index contributed by atoms with van der Waals surface area (Å²) in [7, 11) is 1.74. The van der Waals surface area contributed by atoms with Crippen molar-refractivity contribution in [3.63, 3.8) is 0 Å². The van der Waals surface area contributed by atoms with E-state index >= 15 is 0 Å². The summed E-state index contributed by atoms with van der Waals surface area (Å²) in [5.41, 5.74) is -0.433. The van der Waals surface area contributed by atoms with Gasteiger partial charge in [-0.25, -0.2) is 4.79 Å². The number of amides is 1. The lowest BCUT2D eigenvalue weighted by Gasteiger charge is -2.20. The molecule has 0 aromatic heterocycles. The standard InChI is InChI=1S/C14H28N2O3/c1-14(2,3)19-13(17)16-9-5-8-15-12(10-18-4)11-6-7-11/h11-12,15H,5-10H2,1-4H3,(H,16,17). The number of carbonyl (C=O) groups excluding carboxylic acids is 1. The number of hydrogen-bond donors (Lipinski definition) is 2. The molecule has 19 heavy (non-hydrogen) atoms. The number of nitrogens with one attached hydrogen (secondary N) is 2. The first-order chi connectivity index (χ1) is 8.92. The van der Waals surface area contributed by atoms with E-state index in [0.29, 0.717) is 12.6 Å². The van der Waals surface area contributed by atoms with Gasteiger partial charge in [-0.3, -0.25) is 0 Å². The molecule has 112 valence electrons. The average molecular weight is 272 g/mol. The lowest BCUT2D eigenvalue weighted by molar-refractivity contribution is 0.0527. The highest BCUT2D eigenvalue weighted by molar-refractivity contribution is 5.67.